The number of aryl methyl sites for hydroxylation is 1. The SMILES string of the molecule is CCNCc1scc(C)c1S(=O)(=O)NCCC(F)(F)F. The average molecular weight is 330 g/mol. The standard InChI is InChI=1S/C11H17F3N2O2S2/c1-3-15-6-9-10(8(2)7-19-9)20(17,18)16-5-4-11(12,13)14/h7,15-16H,3-6H2,1-2H3. The first kappa shape index (κ1) is 17.4. The smallest absolute Gasteiger partial charge is 0.312 e. The van der Waals surface area contributed by atoms with E-state index < -0.39 is 29.2 Å². The Morgan fingerprint density at radius 2 is 2.00 bits per heavy atom. The van der Waals surface area contributed by atoms with Crippen LogP contribution in [0.1, 0.15) is 23.8 Å². The summed E-state index contributed by atoms with van der Waals surface area (Å²) >= 11 is 1.28. The minimum Gasteiger partial charge on any atom is -0.312 e. The molecule has 0 aliphatic rings. The molecule has 1 aromatic heterocycles. The highest BCUT2D eigenvalue weighted by molar-refractivity contribution is 7.89. The van der Waals surface area contributed by atoms with E-state index in [1.165, 1.54) is 11.3 Å². The van der Waals surface area contributed by atoms with Crippen molar-refractivity contribution < 1.29 is 21.6 Å². The number of sulfonamides is 1. The highest BCUT2D eigenvalue weighted by Crippen LogP contribution is 2.27. The summed E-state index contributed by atoms with van der Waals surface area (Å²) in [4.78, 5) is 0.689. The van der Waals surface area contributed by atoms with Crippen molar-refractivity contribution in [3.05, 3.63) is 15.8 Å². The number of halogens is 3. The monoisotopic (exact) mass is 330 g/mol. The summed E-state index contributed by atoms with van der Waals surface area (Å²) in [7, 11) is -3.91. The number of hydrogen-bond acceptors (Lipinski definition) is 4. The molecule has 0 aromatic carbocycles. The van der Waals surface area contributed by atoms with Crippen LogP contribution in [0.25, 0.3) is 0 Å². The van der Waals surface area contributed by atoms with Crippen LogP contribution in [0.2, 0.25) is 0 Å². The molecule has 0 amide bonds. The molecule has 0 unspecified atom stereocenters. The quantitative estimate of drug-likeness (QED) is 0.807. The summed E-state index contributed by atoms with van der Waals surface area (Å²) in [5, 5.41) is 4.69. The lowest BCUT2D eigenvalue weighted by molar-refractivity contribution is -0.132. The predicted octanol–water partition coefficient (Wildman–Crippen LogP) is 2.40. The van der Waals surface area contributed by atoms with E-state index >= 15 is 0 Å². The van der Waals surface area contributed by atoms with Crippen LogP contribution >= 0.6 is 11.3 Å². The van der Waals surface area contributed by atoms with Crippen LogP contribution in [0.5, 0.6) is 0 Å². The van der Waals surface area contributed by atoms with Gasteiger partial charge in [0.05, 0.1) is 6.42 Å². The molecular weight excluding hydrogens is 313 g/mol. The van der Waals surface area contributed by atoms with Crippen molar-refractivity contribution in [3.8, 4) is 0 Å². The minimum atomic E-state index is -4.38. The van der Waals surface area contributed by atoms with Crippen LogP contribution in [-0.4, -0.2) is 27.7 Å². The van der Waals surface area contributed by atoms with Gasteiger partial charge in [0, 0.05) is 18.0 Å². The Morgan fingerprint density at radius 3 is 2.55 bits per heavy atom. The van der Waals surface area contributed by atoms with Gasteiger partial charge >= 0.3 is 6.18 Å². The second-order valence-corrected chi connectivity index (χ2v) is 6.88. The van der Waals surface area contributed by atoms with Gasteiger partial charge in [0.2, 0.25) is 10.0 Å². The third-order valence-electron chi connectivity index (χ3n) is 2.49. The van der Waals surface area contributed by atoms with Crippen molar-refractivity contribution >= 4 is 21.4 Å². The number of alkyl halides is 3. The second-order valence-electron chi connectivity index (χ2n) is 4.21. The van der Waals surface area contributed by atoms with Crippen LogP contribution in [0, 0.1) is 6.92 Å². The normalized spacial score (nSPS) is 12.8. The molecule has 0 radical (unpaired) electrons. The topological polar surface area (TPSA) is 58.2 Å². The van der Waals surface area contributed by atoms with Crippen molar-refractivity contribution in [3.63, 3.8) is 0 Å². The lowest BCUT2D eigenvalue weighted by Crippen LogP contribution is -2.29. The highest BCUT2D eigenvalue weighted by Gasteiger charge is 2.29. The molecule has 20 heavy (non-hydrogen) atoms. The maximum Gasteiger partial charge on any atom is 0.390 e. The number of nitrogens with one attached hydrogen (secondary N) is 2. The molecule has 4 nitrogen and oxygen atoms in total. The molecule has 9 heteroatoms. The zero-order valence-electron chi connectivity index (χ0n) is 11.2. The second kappa shape index (κ2) is 6.88. The molecule has 2 N–H and O–H groups in total. The summed E-state index contributed by atoms with van der Waals surface area (Å²) < 4.78 is 62.3. The van der Waals surface area contributed by atoms with Crippen molar-refractivity contribution in [2.45, 2.75) is 37.9 Å². The molecule has 116 valence electrons. The molecule has 1 heterocycles. The van der Waals surface area contributed by atoms with Gasteiger partial charge in [-0.15, -0.1) is 11.3 Å². The van der Waals surface area contributed by atoms with Gasteiger partial charge in [-0.05, 0) is 24.4 Å². The summed E-state index contributed by atoms with van der Waals surface area (Å²) in [6, 6.07) is 0. The van der Waals surface area contributed by atoms with Gasteiger partial charge < -0.3 is 5.32 Å². The molecule has 0 saturated carbocycles. The summed E-state index contributed by atoms with van der Waals surface area (Å²) in [6.07, 6.45) is -5.56. The molecule has 0 atom stereocenters. The van der Waals surface area contributed by atoms with E-state index in [2.05, 4.69) is 5.32 Å². The molecule has 1 rings (SSSR count). The molecule has 1 aromatic rings. The number of thiophene rings is 1. The first-order chi connectivity index (χ1) is 9.17. The van der Waals surface area contributed by atoms with Gasteiger partial charge in [-0.3, -0.25) is 0 Å². The minimum absolute atomic E-state index is 0.0885. The Labute approximate surface area is 120 Å². The first-order valence-electron chi connectivity index (χ1n) is 6.01. The third-order valence-corrected chi connectivity index (χ3v) is 5.42. The first-order valence-corrected chi connectivity index (χ1v) is 8.37. The van der Waals surface area contributed by atoms with Crippen molar-refractivity contribution in [1.82, 2.24) is 10.0 Å². The maximum atomic E-state index is 12.1. The van der Waals surface area contributed by atoms with E-state index in [0.29, 0.717) is 23.5 Å². The Bertz CT molecular complexity index is 538. The fourth-order valence-electron chi connectivity index (χ4n) is 1.61. The summed E-state index contributed by atoms with van der Waals surface area (Å²) in [5.74, 6) is 0. The van der Waals surface area contributed by atoms with Crippen LogP contribution in [0.3, 0.4) is 0 Å². The molecule has 0 aliphatic carbocycles. The van der Waals surface area contributed by atoms with Crippen LogP contribution < -0.4 is 10.0 Å². The fourth-order valence-corrected chi connectivity index (χ4v) is 4.42. The van der Waals surface area contributed by atoms with Gasteiger partial charge in [-0.25, -0.2) is 13.1 Å². The molecule has 0 bridgehead atoms. The molecular formula is C11H17F3N2O2S2. The van der Waals surface area contributed by atoms with Crippen LogP contribution in [0.4, 0.5) is 13.2 Å². The summed E-state index contributed by atoms with van der Waals surface area (Å²) in [6.45, 7) is 3.92. The van der Waals surface area contributed by atoms with E-state index in [4.69, 9.17) is 0 Å². The van der Waals surface area contributed by atoms with E-state index in [1.807, 2.05) is 11.6 Å². The zero-order valence-corrected chi connectivity index (χ0v) is 12.8. The van der Waals surface area contributed by atoms with Gasteiger partial charge in [0.25, 0.3) is 0 Å². The van der Waals surface area contributed by atoms with Crippen molar-refractivity contribution in [2.24, 2.45) is 0 Å². The van der Waals surface area contributed by atoms with Gasteiger partial charge in [0.1, 0.15) is 4.90 Å². The largest absolute Gasteiger partial charge is 0.390 e. The molecule has 0 fully saturated rings. The van der Waals surface area contributed by atoms with Crippen molar-refractivity contribution in [2.75, 3.05) is 13.1 Å². The Morgan fingerprint density at radius 1 is 1.35 bits per heavy atom. The number of hydrogen-bond donors (Lipinski definition) is 2. The summed E-state index contributed by atoms with van der Waals surface area (Å²) in [5.41, 5.74) is 0.544. The molecule has 0 aliphatic heterocycles. The molecule has 0 spiro atoms. The highest BCUT2D eigenvalue weighted by atomic mass is 32.2. The van der Waals surface area contributed by atoms with Crippen molar-refractivity contribution in [1.29, 1.82) is 0 Å². The Hall–Kier alpha value is -0.640. The molecule has 0 saturated heterocycles. The Kier molecular flexibility index (Phi) is 5.99. The Balaban J connectivity index is 2.84. The fraction of sp³-hybridized carbons (Fsp3) is 0.636. The van der Waals surface area contributed by atoms with E-state index in [1.54, 1.807) is 12.3 Å². The van der Waals surface area contributed by atoms with Gasteiger partial charge in [-0.2, -0.15) is 13.2 Å². The lowest BCUT2D eigenvalue weighted by Gasteiger charge is -2.10. The van der Waals surface area contributed by atoms with E-state index in [0.717, 1.165) is 0 Å². The van der Waals surface area contributed by atoms with E-state index in [-0.39, 0.29) is 4.90 Å². The lowest BCUT2D eigenvalue weighted by atomic mass is 10.3. The van der Waals surface area contributed by atoms with Crippen LogP contribution in [0.15, 0.2) is 10.3 Å². The zero-order chi connectivity index (χ0) is 15.4. The average Bonchev–Trinajstić information content (AvgIpc) is 2.66. The van der Waals surface area contributed by atoms with E-state index in [9.17, 15) is 21.6 Å². The maximum absolute atomic E-state index is 12.1. The predicted molar refractivity (Wildman–Crippen MR) is 72.3 cm³/mol. The third kappa shape index (κ3) is 5.04. The number of rotatable bonds is 7. The van der Waals surface area contributed by atoms with Gasteiger partial charge in [-0.1, -0.05) is 6.92 Å². The van der Waals surface area contributed by atoms with Gasteiger partial charge in [0.15, 0.2) is 0 Å². The van der Waals surface area contributed by atoms with Crippen LogP contribution in [-0.2, 0) is 16.6 Å².